The number of piperidine rings is 1. The van der Waals surface area contributed by atoms with Crippen LogP contribution < -0.4 is 5.32 Å². The summed E-state index contributed by atoms with van der Waals surface area (Å²) in [7, 11) is 0. The SMILES string of the molecule is CC(C)C(=O)NC1CCN(C(=O)Cc2ccc(F)cc2)CC1. The number of nitrogens with zero attached hydrogens (tertiary/aromatic N) is 1. The highest BCUT2D eigenvalue weighted by atomic mass is 19.1. The largest absolute Gasteiger partial charge is 0.353 e. The number of carbonyl (C=O) groups excluding carboxylic acids is 2. The van der Waals surface area contributed by atoms with E-state index < -0.39 is 0 Å². The molecule has 22 heavy (non-hydrogen) atoms. The van der Waals surface area contributed by atoms with Crippen LogP contribution in [0, 0.1) is 11.7 Å². The quantitative estimate of drug-likeness (QED) is 0.926. The van der Waals surface area contributed by atoms with Crippen molar-refractivity contribution in [1.82, 2.24) is 10.2 Å². The molecule has 1 N–H and O–H groups in total. The van der Waals surface area contributed by atoms with Gasteiger partial charge in [-0.15, -0.1) is 0 Å². The topological polar surface area (TPSA) is 49.4 Å². The lowest BCUT2D eigenvalue weighted by atomic mass is 10.0. The van der Waals surface area contributed by atoms with Crippen LogP contribution in [0.25, 0.3) is 0 Å². The van der Waals surface area contributed by atoms with E-state index in [0.29, 0.717) is 19.5 Å². The van der Waals surface area contributed by atoms with Crippen molar-refractivity contribution < 1.29 is 14.0 Å². The summed E-state index contributed by atoms with van der Waals surface area (Å²) in [5.41, 5.74) is 0.821. The first-order valence-electron chi connectivity index (χ1n) is 7.78. The molecule has 4 nitrogen and oxygen atoms in total. The third-order valence-electron chi connectivity index (χ3n) is 3.99. The average Bonchev–Trinajstić information content (AvgIpc) is 2.50. The van der Waals surface area contributed by atoms with Gasteiger partial charge in [0.2, 0.25) is 11.8 Å². The average molecular weight is 306 g/mol. The summed E-state index contributed by atoms with van der Waals surface area (Å²) >= 11 is 0. The van der Waals surface area contributed by atoms with Crippen LogP contribution in [0.4, 0.5) is 4.39 Å². The van der Waals surface area contributed by atoms with Gasteiger partial charge < -0.3 is 10.2 Å². The number of benzene rings is 1. The first-order valence-corrected chi connectivity index (χ1v) is 7.78. The van der Waals surface area contributed by atoms with E-state index >= 15 is 0 Å². The third kappa shape index (κ3) is 4.55. The second-order valence-corrected chi connectivity index (χ2v) is 6.12. The molecule has 1 fully saturated rings. The van der Waals surface area contributed by atoms with Crippen LogP contribution in [0.3, 0.4) is 0 Å². The van der Waals surface area contributed by atoms with Crippen molar-refractivity contribution in [3.05, 3.63) is 35.6 Å². The molecule has 0 spiro atoms. The van der Waals surface area contributed by atoms with Gasteiger partial charge in [-0.3, -0.25) is 9.59 Å². The molecule has 0 aromatic heterocycles. The number of likely N-dealkylation sites (tertiary alicyclic amines) is 1. The lowest BCUT2D eigenvalue weighted by Gasteiger charge is -2.32. The normalized spacial score (nSPS) is 15.9. The maximum atomic E-state index is 12.9. The molecule has 120 valence electrons. The molecule has 0 radical (unpaired) electrons. The van der Waals surface area contributed by atoms with Gasteiger partial charge in [-0.25, -0.2) is 4.39 Å². The monoisotopic (exact) mass is 306 g/mol. The summed E-state index contributed by atoms with van der Waals surface area (Å²) in [6.45, 7) is 5.06. The Bertz CT molecular complexity index is 520. The van der Waals surface area contributed by atoms with E-state index in [4.69, 9.17) is 0 Å². The van der Waals surface area contributed by atoms with Gasteiger partial charge in [0.25, 0.3) is 0 Å². The number of amides is 2. The second-order valence-electron chi connectivity index (χ2n) is 6.12. The minimum atomic E-state index is -0.294. The maximum absolute atomic E-state index is 12.9. The van der Waals surface area contributed by atoms with Gasteiger partial charge in [0.15, 0.2) is 0 Å². The van der Waals surface area contributed by atoms with Crippen molar-refractivity contribution in [3.8, 4) is 0 Å². The van der Waals surface area contributed by atoms with Crippen molar-refractivity contribution in [2.24, 2.45) is 5.92 Å². The molecular formula is C17H23FN2O2. The first kappa shape index (κ1) is 16.5. The molecule has 1 aromatic carbocycles. The Morgan fingerprint density at radius 2 is 1.82 bits per heavy atom. The smallest absolute Gasteiger partial charge is 0.226 e. The minimum absolute atomic E-state index is 0.0156. The fraction of sp³-hybridized carbons (Fsp3) is 0.529. The zero-order valence-corrected chi connectivity index (χ0v) is 13.1. The van der Waals surface area contributed by atoms with Crippen LogP contribution in [0.2, 0.25) is 0 Å². The van der Waals surface area contributed by atoms with Gasteiger partial charge in [-0.05, 0) is 30.5 Å². The molecule has 1 saturated heterocycles. The molecule has 0 atom stereocenters. The van der Waals surface area contributed by atoms with Crippen LogP contribution >= 0.6 is 0 Å². The Morgan fingerprint density at radius 3 is 2.36 bits per heavy atom. The van der Waals surface area contributed by atoms with Crippen LogP contribution in [-0.2, 0) is 16.0 Å². The van der Waals surface area contributed by atoms with E-state index in [2.05, 4.69) is 5.32 Å². The molecule has 1 aromatic rings. The lowest BCUT2D eigenvalue weighted by Crippen LogP contribution is -2.47. The summed E-state index contributed by atoms with van der Waals surface area (Å²) < 4.78 is 12.9. The molecule has 0 saturated carbocycles. The predicted molar refractivity (Wildman–Crippen MR) is 82.7 cm³/mol. The standard InChI is InChI=1S/C17H23FN2O2/c1-12(2)17(22)19-15-7-9-20(10-8-15)16(21)11-13-3-5-14(18)6-4-13/h3-6,12,15H,7-11H2,1-2H3,(H,19,22). The fourth-order valence-corrected chi connectivity index (χ4v) is 2.53. The molecule has 1 aliphatic heterocycles. The molecular weight excluding hydrogens is 283 g/mol. The number of halogens is 1. The summed E-state index contributed by atoms with van der Waals surface area (Å²) in [6.07, 6.45) is 1.87. The Balaban J connectivity index is 1.79. The van der Waals surface area contributed by atoms with Crippen molar-refractivity contribution in [3.63, 3.8) is 0 Å². The molecule has 1 heterocycles. The first-order chi connectivity index (χ1) is 10.5. The molecule has 0 bridgehead atoms. The second kappa shape index (κ2) is 7.38. The van der Waals surface area contributed by atoms with E-state index in [1.807, 2.05) is 18.7 Å². The number of hydrogen-bond donors (Lipinski definition) is 1. The Kier molecular flexibility index (Phi) is 5.52. The van der Waals surface area contributed by atoms with Gasteiger partial charge in [0.05, 0.1) is 6.42 Å². The number of hydrogen-bond acceptors (Lipinski definition) is 2. The number of carbonyl (C=O) groups is 2. The Morgan fingerprint density at radius 1 is 1.23 bits per heavy atom. The predicted octanol–water partition coefficient (Wildman–Crippen LogP) is 2.13. The highest BCUT2D eigenvalue weighted by molar-refractivity contribution is 5.79. The highest BCUT2D eigenvalue weighted by Crippen LogP contribution is 2.13. The summed E-state index contributed by atoms with van der Waals surface area (Å²) in [5, 5.41) is 3.02. The third-order valence-corrected chi connectivity index (χ3v) is 3.99. The fourth-order valence-electron chi connectivity index (χ4n) is 2.53. The van der Waals surface area contributed by atoms with Crippen molar-refractivity contribution >= 4 is 11.8 Å². The molecule has 0 aliphatic carbocycles. The van der Waals surface area contributed by atoms with Gasteiger partial charge in [0.1, 0.15) is 5.82 Å². The summed E-state index contributed by atoms with van der Waals surface area (Å²) in [5.74, 6) is -0.188. The molecule has 5 heteroatoms. The number of rotatable bonds is 4. The molecule has 2 amide bonds. The van der Waals surface area contributed by atoms with Gasteiger partial charge in [0, 0.05) is 25.0 Å². The minimum Gasteiger partial charge on any atom is -0.353 e. The van der Waals surface area contributed by atoms with Crippen LogP contribution in [0.5, 0.6) is 0 Å². The van der Waals surface area contributed by atoms with Gasteiger partial charge >= 0.3 is 0 Å². The summed E-state index contributed by atoms with van der Waals surface area (Å²) in [6, 6.07) is 6.18. The van der Waals surface area contributed by atoms with Crippen molar-refractivity contribution in [1.29, 1.82) is 0 Å². The Labute approximate surface area is 130 Å². The zero-order valence-electron chi connectivity index (χ0n) is 13.1. The van der Waals surface area contributed by atoms with E-state index in [-0.39, 0.29) is 29.6 Å². The number of nitrogens with one attached hydrogen (secondary N) is 1. The van der Waals surface area contributed by atoms with Crippen LogP contribution in [-0.4, -0.2) is 35.8 Å². The van der Waals surface area contributed by atoms with Crippen LogP contribution in [0.15, 0.2) is 24.3 Å². The van der Waals surface area contributed by atoms with Crippen molar-refractivity contribution in [2.75, 3.05) is 13.1 Å². The summed E-state index contributed by atoms with van der Waals surface area (Å²) in [4.78, 5) is 25.7. The molecule has 0 unspecified atom stereocenters. The van der Waals surface area contributed by atoms with Crippen molar-refractivity contribution in [2.45, 2.75) is 39.2 Å². The molecule has 1 aliphatic rings. The van der Waals surface area contributed by atoms with E-state index in [0.717, 1.165) is 18.4 Å². The van der Waals surface area contributed by atoms with E-state index in [1.54, 1.807) is 12.1 Å². The van der Waals surface area contributed by atoms with Gasteiger partial charge in [-0.1, -0.05) is 26.0 Å². The zero-order chi connectivity index (χ0) is 16.1. The van der Waals surface area contributed by atoms with Crippen LogP contribution in [0.1, 0.15) is 32.3 Å². The lowest BCUT2D eigenvalue weighted by molar-refractivity contribution is -0.131. The van der Waals surface area contributed by atoms with E-state index in [9.17, 15) is 14.0 Å². The molecule has 2 rings (SSSR count). The van der Waals surface area contributed by atoms with Gasteiger partial charge in [-0.2, -0.15) is 0 Å². The van der Waals surface area contributed by atoms with E-state index in [1.165, 1.54) is 12.1 Å². The Hall–Kier alpha value is -1.91. The maximum Gasteiger partial charge on any atom is 0.226 e. The highest BCUT2D eigenvalue weighted by Gasteiger charge is 2.24.